The summed E-state index contributed by atoms with van der Waals surface area (Å²) in [5.74, 6) is 0.643. The Kier molecular flexibility index (Phi) is 5.50. The summed E-state index contributed by atoms with van der Waals surface area (Å²) in [4.78, 5) is 29.9. The van der Waals surface area contributed by atoms with E-state index in [0.29, 0.717) is 42.9 Å². The van der Waals surface area contributed by atoms with Gasteiger partial charge in [0.25, 0.3) is 5.91 Å². The van der Waals surface area contributed by atoms with E-state index in [1.54, 1.807) is 41.2 Å². The molecule has 1 unspecified atom stereocenters. The molecule has 7 nitrogen and oxygen atoms in total. The molecule has 3 N–H and O–H groups in total. The highest BCUT2D eigenvalue weighted by molar-refractivity contribution is 6.08. The summed E-state index contributed by atoms with van der Waals surface area (Å²) in [7, 11) is 1.57. The van der Waals surface area contributed by atoms with Crippen LogP contribution >= 0.6 is 0 Å². The van der Waals surface area contributed by atoms with Crippen LogP contribution in [0.3, 0.4) is 0 Å². The van der Waals surface area contributed by atoms with Crippen molar-refractivity contribution in [3.8, 4) is 5.75 Å². The Morgan fingerprint density at radius 3 is 2.55 bits per heavy atom. The number of carbonyl (C=O) groups is 2. The Hall–Kier alpha value is -3.61. The van der Waals surface area contributed by atoms with Gasteiger partial charge in [0.05, 0.1) is 12.5 Å². The molecule has 1 spiro atoms. The zero-order valence-corrected chi connectivity index (χ0v) is 17.5. The van der Waals surface area contributed by atoms with Crippen LogP contribution in [0.5, 0.6) is 5.75 Å². The number of carbonyl (C=O) groups excluding carboxylic acids is 2. The van der Waals surface area contributed by atoms with Crippen molar-refractivity contribution in [1.29, 1.82) is 5.41 Å². The summed E-state index contributed by atoms with van der Waals surface area (Å²) in [5.41, 5.74) is 7.88. The first-order valence-electron chi connectivity index (χ1n) is 10.3. The summed E-state index contributed by atoms with van der Waals surface area (Å²) in [6.07, 6.45) is 4.00. The number of nitrogens with one attached hydrogen (secondary N) is 1. The average molecular weight is 418 g/mol. The molecule has 0 saturated carbocycles. The number of benzene rings is 2. The van der Waals surface area contributed by atoms with Crippen molar-refractivity contribution in [2.45, 2.75) is 12.8 Å². The lowest BCUT2D eigenvalue weighted by atomic mass is 9.85. The van der Waals surface area contributed by atoms with E-state index in [-0.39, 0.29) is 11.8 Å². The van der Waals surface area contributed by atoms with Crippen LogP contribution in [0.4, 0.5) is 5.69 Å². The van der Waals surface area contributed by atoms with Gasteiger partial charge in [-0.15, -0.1) is 0 Å². The first-order chi connectivity index (χ1) is 15.0. The molecule has 2 fully saturated rings. The molecule has 0 aliphatic carbocycles. The summed E-state index contributed by atoms with van der Waals surface area (Å²) in [5, 5.41) is 7.42. The van der Waals surface area contributed by atoms with Gasteiger partial charge in [0, 0.05) is 48.9 Å². The summed E-state index contributed by atoms with van der Waals surface area (Å²) < 4.78 is 5.22. The van der Waals surface area contributed by atoms with Crippen molar-refractivity contribution in [1.82, 2.24) is 4.90 Å². The lowest BCUT2D eigenvalue weighted by Gasteiger charge is -2.24. The van der Waals surface area contributed by atoms with E-state index in [0.717, 1.165) is 17.7 Å². The van der Waals surface area contributed by atoms with Gasteiger partial charge in [0.1, 0.15) is 5.75 Å². The molecule has 2 saturated heterocycles. The van der Waals surface area contributed by atoms with Gasteiger partial charge in [-0.1, -0.05) is 18.2 Å². The molecule has 2 aliphatic heterocycles. The highest BCUT2D eigenvalue weighted by atomic mass is 16.5. The van der Waals surface area contributed by atoms with E-state index in [2.05, 4.69) is 0 Å². The van der Waals surface area contributed by atoms with E-state index < -0.39 is 5.41 Å². The van der Waals surface area contributed by atoms with Gasteiger partial charge in [0.2, 0.25) is 5.91 Å². The Morgan fingerprint density at radius 2 is 1.87 bits per heavy atom. The summed E-state index contributed by atoms with van der Waals surface area (Å²) in [6, 6.07) is 14.6. The molecule has 7 heteroatoms. The van der Waals surface area contributed by atoms with Crippen molar-refractivity contribution in [2.75, 3.05) is 31.6 Å². The molecular formula is C24H26N4O3. The molecule has 2 heterocycles. The zero-order valence-electron chi connectivity index (χ0n) is 17.5. The number of rotatable bonds is 5. The average Bonchev–Trinajstić information content (AvgIpc) is 3.39. The number of nitrogens with two attached hydrogens (primary N) is 1. The fourth-order valence-electron chi connectivity index (χ4n) is 4.49. The Morgan fingerprint density at radius 1 is 1.13 bits per heavy atom. The van der Waals surface area contributed by atoms with Gasteiger partial charge in [-0.05, 0) is 48.7 Å². The van der Waals surface area contributed by atoms with Crippen LogP contribution in [0, 0.1) is 10.8 Å². The maximum Gasteiger partial charge on any atom is 0.254 e. The van der Waals surface area contributed by atoms with Crippen LogP contribution < -0.4 is 15.4 Å². The van der Waals surface area contributed by atoms with Crippen LogP contribution in [-0.4, -0.2) is 49.7 Å². The van der Waals surface area contributed by atoms with E-state index in [4.69, 9.17) is 15.9 Å². The lowest BCUT2D eigenvalue weighted by Crippen LogP contribution is -2.38. The molecule has 0 aromatic heterocycles. The minimum Gasteiger partial charge on any atom is -0.497 e. The van der Waals surface area contributed by atoms with Crippen molar-refractivity contribution >= 4 is 29.3 Å². The van der Waals surface area contributed by atoms with Crippen LogP contribution in [0.1, 0.15) is 28.8 Å². The number of nitrogens with zero attached hydrogens (tertiary/aromatic N) is 2. The number of hydrogen-bond acceptors (Lipinski definition) is 5. The fourth-order valence-corrected chi connectivity index (χ4v) is 4.49. The lowest BCUT2D eigenvalue weighted by molar-refractivity contribution is -0.124. The predicted octanol–water partition coefficient (Wildman–Crippen LogP) is 2.91. The second-order valence-electron chi connectivity index (χ2n) is 8.01. The third-order valence-electron chi connectivity index (χ3n) is 6.32. The predicted molar refractivity (Wildman–Crippen MR) is 120 cm³/mol. The fraction of sp³-hybridized carbons (Fsp3) is 0.292. The summed E-state index contributed by atoms with van der Waals surface area (Å²) >= 11 is 0. The van der Waals surface area contributed by atoms with E-state index in [1.165, 1.54) is 12.4 Å². The van der Waals surface area contributed by atoms with Crippen LogP contribution in [0.15, 0.2) is 54.7 Å². The SMILES string of the molecule is COc1cccc(C(=O)N2CCC3(CCN(c4ccc(/C(C=N)=C/N)cc4)C3=O)C2)c1. The molecule has 2 aliphatic rings. The highest BCUT2D eigenvalue weighted by Gasteiger charge is 2.52. The molecule has 31 heavy (non-hydrogen) atoms. The first kappa shape index (κ1) is 20.7. The van der Waals surface area contributed by atoms with Gasteiger partial charge in [-0.25, -0.2) is 0 Å². The van der Waals surface area contributed by atoms with Gasteiger partial charge >= 0.3 is 0 Å². The largest absolute Gasteiger partial charge is 0.497 e. The summed E-state index contributed by atoms with van der Waals surface area (Å²) in [6.45, 7) is 1.63. The monoisotopic (exact) mass is 418 g/mol. The van der Waals surface area contributed by atoms with Gasteiger partial charge in [-0.3, -0.25) is 9.59 Å². The number of ether oxygens (including phenoxy) is 1. The molecule has 0 radical (unpaired) electrons. The minimum absolute atomic E-state index is 0.0703. The van der Waals surface area contributed by atoms with E-state index in [1.807, 2.05) is 24.3 Å². The van der Waals surface area contributed by atoms with E-state index in [9.17, 15) is 9.59 Å². The van der Waals surface area contributed by atoms with Crippen molar-refractivity contribution in [2.24, 2.45) is 11.1 Å². The van der Waals surface area contributed by atoms with Crippen LogP contribution in [-0.2, 0) is 4.79 Å². The van der Waals surface area contributed by atoms with Crippen LogP contribution in [0.25, 0.3) is 5.57 Å². The first-order valence-corrected chi connectivity index (χ1v) is 10.3. The topological polar surface area (TPSA) is 99.7 Å². The molecule has 2 aromatic carbocycles. The van der Waals surface area contributed by atoms with Gasteiger partial charge in [-0.2, -0.15) is 0 Å². The second kappa shape index (κ2) is 8.26. The second-order valence-corrected chi connectivity index (χ2v) is 8.01. The molecule has 4 rings (SSSR count). The normalized spacial score (nSPS) is 21.1. The standard InChI is InChI=1S/C24H26N4O3/c1-31-21-4-2-3-18(13-21)22(29)27-11-9-24(16-27)10-12-28(23(24)30)20-7-5-17(6-8-20)19(14-25)15-26/h2-8,13-15,25H,9-12,16,26H2,1H3/b19-15+,25-14?. The number of anilines is 1. The van der Waals surface area contributed by atoms with Crippen LogP contribution in [0.2, 0.25) is 0 Å². The zero-order chi connectivity index (χ0) is 22.0. The van der Waals surface area contributed by atoms with Gasteiger partial charge < -0.3 is 25.7 Å². The smallest absolute Gasteiger partial charge is 0.254 e. The number of hydrogen-bond donors (Lipinski definition) is 2. The molecule has 2 aromatic rings. The molecule has 160 valence electrons. The van der Waals surface area contributed by atoms with Crippen molar-refractivity contribution in [3.63, 3.8) is 0 Å². The third kappa shape index (κ3) is 3.67. The Balaban J connectivity index is 1.48. The van der Waals surface area contributed by atoms with Crippen molar-refractivity contribution < 1.29 is 14.3 Å². The highest BCUT2D eigenvalue weighted by Crippen LogP contribution is 2.42. The number of likely N-dealkylation sites (tertiary alicyclic amines) is 1. The maximum absolute atomic E-state index is 13.4. The molecule has 0 bridgehead atoms. The number of methoxy groups -OCH3 is 1. The van der Waals surface area contributed by atoms with E-state index >= 15 is 0 Å². The molecule has 2 amide bonds. The number of allylic oxidation sites excluding steroid dienone is 1. The Bertz CT molecular complexity index is 1050. The molecule has 1 atom stereocenters. The molecular weight excluding hydrogens is 392 g/mol. The third-order valence-corrected chi connectivity index (χ3v) is 6.32. The Labute approximate surface area is 181 Å². The maximum atomic E-state index is 13.4. The van der Waals surface area contributed by atoms with Crippen molar-refractivity contribution in [3.05, 3.63) is 65.9 Å². The number of amides is 2. The quantitative estimate of drug-likeness (QED) is 0.729. The minimum atomic E-state index is -0.523. The van der Waals surface area contributed by atoms with Gasteiger partial charge in [0.15, 0.2) is 0 Å².